The normalized spacial score (nSPS) is 35.9. The van der Waals surface area contributed by atoms with Crippen LogP contribution < -0.4 is 4.74 Å². The van der Waals surface area contributed by atoms with Gasteiger partial charge in [-0.25, -0.2) is 0 Å². The molecule has 5 nitrogen and oxygen atoms in total. The van der Waals surface area contributed by atoms with Crippen molar-refractivity contribution in [1.29, 1.82) is 0 Å². The minimum atomic E-state index is -0.360. The number of epoxide rings is 1. The zero-order chi connectivity index (χ0) is 15.7. The van der Waals surface area contributed by atoms with Gasteiger partial charge in [0.15, 0.2) is 6.29 Å². The Balaban J connectivity index is 1.67. The fraction of sp³-hybridized carbons (Fsp3) is 0.647. The van der Waals surface area contributed by atoms with E-state index in [0.29, 0.717) is 12.5 Å². The Kier molecular flexibility index (Phi) is 4.68. The van der Waals surface area contributed by atoms with Crippen LogP contribution in [0.1, 0.15) is 25.7 Å². The minimum Gasteiger partial charge on any atom is -0.497 e. The van der Waals surface area contributed by atoms with Crippen LogP contribution in [0.5, 0.6) is 5.75 Å². The van der Waals surface area contributed by atoms with Crippen molar-refractivity contribution in [2.75, 3.05) is 20.3 Å². The third-order valence-corrected chi connectivity index (χ3v) is 4.58. The molecule has 0 aromatic heterocycles. The lowest BCUT2D eigenvalue weighted by Gasteiger charge is -2.38. The molecule has 122 valence electrons. The SMILES string of the molecule is COc1ccc([C@H]2OC[C@@H](C)[C@@H]([C@@H](C)[C@@H]3O[C@H]3CO)O2)cc1. The molecule has 0 radical (unpaired) electrons. The van der Waals surface area contributed by atoms with Crippen molar-refractivity contribution in [2.24, 2.45) is 11.8 Å². The first kappa shape index (κ1) is 15.7. The predicted molar refractivity (Wildman–Crippen MR) is 80.6 cm³/mol. The molecule has 2 aliphatic rings. The molecular weight excluding hydrogens is 284 g/mol. The fourth-order valence-electron chi connectivity index (χ4n) is 3.18. The van der Waals surface area contributed by atoms with E-state index in [1.54, 1.807) is 7.11 Å². The summed E-state index contributed by atoms with van der Waals surface area (Å²) in [5.41, 5.74) is 0.986. The van der Waals surface area contributed by atoms with Gasteiger partial charge in [0.25, 0.3) is 0 Å². The summed E-state index contributed by atoms with van der Waals surface area (Å²) in [5.74, 6) is 1.35. The Morgan fingerprint density at radius 3 is 2.55 bits per heavy atom. The summed E-state index contributed by atoms with van der Waals surface area (Å²) in [7, 11) is 1.65. The average molecular weight is 308 g/mol. The molecule has 0 aliphatic carbocycles. The highest BCUT2D eigenvalue weighted by atomic mass is 16.7. The molecule has 3 rings (SSSR count). The van der Waals surface area contributed by atoms with Gasteiger partial charge in [0.2, 0.25) is 0 Å². The van der Waals surface area contributed by atoms with E-state index in [0.717, 1.165) is 11.3 Å². The van der Waals surface area contributed by atoms with Crippen molar-refractivity contribution in [3.63, 3.8) is 0 Å². The second kappa shape index (κ2) is 6.54. The number of hydrogen-bond acceptors (Lipinski definition) is 5. The molecule has 0 amide bonds. The number of aliphatic hydroxyl groups excluding tert-OH is 1. The Bertz CT molecular complexity index is 488. The van der Waals surface area contributed by atoms with Gasteiger partial charge in [-0.15, -0.1) is 0 Å². The van der Waals surface area contributed by atoms with Crippen LogP contribution in [0.2, 0.25) is 0 Å². The number of hydrogen-bond donors (Lipinski definition) is 1. The molecule has 0 spiro atoms. The van der Waals surface area contributed by atoms with Gasteiger partial charge in [0.05, 0.1) is 32.5 Å². The molecule has 2 saturated heterocycles. The zero-order valence-corrected chi connectivity index (χ0v) is 13.3. The highest BCUT2D eigenvalue weighted by Gasteiger charge is 2.48. The summed E-state index contributed by atoms with van der Waals surface area (Å²) in [6.07, 6.45) is -0.247. The van der Waals surface area contributed by atoms with Crippen LogP contribution in [0.15, 0.2) is 24.3 Å². The molecule has 0 saturated carbocycles. The van der Waals surface area contributed by atoms with Crippen molar-refractivity contribution in [1.82, 2.24) is 0 Å². The van der Waals surface area contributed by atoms with E-state index in [4.69, 9.17) is 24.1 Å². The predicted octanol–water partition coefficient (Wildman–Crippen LogP) is 2.14. The summed E-state index contributed by atoms with van der Waals surface area (Å²) < 4.78 is 22.7. The van der Waals surface area contributed by atoms with Crippen LogP contribution in [-0.2, 0) is 14.2 Å². The summed E-state index contributed by atoms with van der Waals surface area (Å²) in [6.45, 7) is 4.98. The zero-order valence-electron chi connectivity index (χ0n) is 13.3. The van der Waals surface area contributed by atoms with E-state index in [2.05, 4.69) is 13.8 Å². The molecule has 2 aliphatic heterocycles. The Morgan fingerprint density at radius 1 is 1.23 bits per heavy atom. The van der Waals surface area contributed by atoms with E-state index in [1.807, 2.05) is 24.3 Å². The van der Waals surface area contributed by atoms with Crippen molar-refractivity contribution < 1.29 is 24.1 Å². The fourth-order valence-corrected chi connectivity index (χ4v) is 3.18. The third-order valence-electron chi connectivity index (χ3n) is 4.58. The molecule has 0 bridgehead atoms. The number of benzene rings is 1. The average Bonchev–Trinajstić information content (AvgIpc) is 3.34. The maximum Gasteiger partial charge on any atom is 0.184 e. The van der Waals surface area contributed by atoms with Crippen LogP contribution in [-0.4, -0.2) is 43.7 Å². The molecule has 5 heteroatoms. The third kappa shape index (κ3) is 3.13. The second-order valence-corrected chi connectivity index (χ2v) is 6.20. The quantitative estimate of drug-likeness (QED) is 0.845. The van der Waals surface area contributed by atoms with Gasteiger partial charge in [-0.1, -0.05) is 26.0 Å². The van der Waals surface area contributed by atoms with E-state index in [-0.39, 0.29) is 37.1 Å². The standard InChI is InChI=1S/C17H24O5/c1-10-9-20-17(12-4-6-13(19-3)7-5-12)22-15(10)11(2)16-14(8-18)21-16/h4-7,10-11,14-18H,8-9H2,1-3H3/t10-,11-,14+,15+,16+,17+/m1/s1. The molecule has 0 unspecified atom stereocenters. The van der Waals surface area contributed by atoms with Crippen molar-refractivity contribution in [3.8, 4) is 5.75 Å². The first-order chi connectivity index (χ1) is 10.6. The summed E-state index contributed by atoms with van der Waals surface area (Å²) in [6, 6.07) is 7.74. The van der Waals surface area contributed by atoms with Crippen LogP contribution in [0.4, 0.5) is 0 Å². The van der Waals surface area contributed by atoms with Gasteiger partial charge in [0.1, 0.15) is 11.9 Å². The van der Waals surface area contributed by atoms with Crippen molar-refractivity contribution in [3.05, 3.63) is 29.8 Å². The first-order valence-corrected chi connectivity index (χ1v) is 7.81. The number of aliphatic hydroxyl groups is 1. The molecule has 1 aromatic rings. The van der Waals surface area contributed by atoms with Crippen molar-refractivity contribution in [2.45, 2.75) is 38.4 Å². The topological polar surface area (TPSA) is 60.5 Å². The van der Waals surface area contributed by atoms with Crippen LogP contribution in [0.25, 0.3) is 0 Å². The monoisotopic (exact) mass is 308 g/mol. The highest BCUT2D eigenvalue weighted by molar-refractivity contribution is 5.28. The Hall–Kier alpha value is -1.14. The molecular formula is C17H24O5. The van der Waals surface area contributed by atoms with Gasteiger partial charge in [-0.05, 0) is 12.1 Å². The summed E-state index contributed by atoms with van der Waals surface area (Å²) >= 11 is 0. The largest absolute Gasteiger partial charge is 0.497 e. The van der Waals surface area contributed by atoms with E-state index in [9.17, 15) is 0 Å². The maximum absolute atomic E-state index is 9.17. The minimum absolute atomic E-state index is 0.0342. The van der Waals surface area contributed by atoms with Gasteiger partial charge in [0, 0.05) is 17.4 Å². The molecule has 6 atom stereocenters. The van der Waals surface area contributed by atoms with Crippen LogP contribution in [0.3, 0.4) is 0 Å². The second-order valence-electron chi connectivity index (χ2n) is 6.20. The van der Waals surface area contributed by atoms with Crippen LogP contribution in [0, 0.1) is 11.8 Å². The van der Waals surface area contributed by atoms with E-state index in [1.165, 1.54) is 0 Å². The van der Waals surface area contributed by atoms with Gasteiger partial charge in [-0.3, -0.25) is 0 Å². The van der Waals surface area contributed by atoms with Crippen LogP contribution >= 0.6 is 0 Å². The lowest BCUT2D eigenvalue weighted by atomic mass is 9.89. The van der Waals surface area contributed by atoms with Gasteiger partial charge < -0.3 is 24.1 Å². The Labute approximate surface area is 131 Å². The molecule has 1 aromatic carbocycles. The van der Waals surface area contributed by atoms with Crippen molar-refractivity contribution >= 4 is 0 Å². The maximum atomic E-state index is 9.17. The smallest absolute Gasteiger partial charge is 0.184 e. The highest BCUT2D eigenvalue weighted by Crippen LogP contribution is 2.39. The molecule has 2 heterocycles. The summed E-state index contributed by atoms with van der Waals surface area (Å²) in [4.78, 5) is 0. The number of ether oxygens (including phenoxy) is 4. The lowest BCUT2D eigenvalue weighted by Crippen LogP contribution is -2.41. The molecule has 2 fully saturated rings. The number of rotatable bonds is 5. The summed E-state index contributed by atoms with van der Waals surface area (Å²) in [5, 5.41) is 9.17. The molecule has 1 N–H and O–H groups in total. The Morgan fingerprint density at radius 2 is 1.95 bits per heavy atom. The van der Waals surface area contributed by atoms with E-state index >= 15 is 0 Å². The van der Waals surface area contributed by atoms with Gasteiger partial charge in [-0.2, -0.15) is 0 Å². The molecule has 22 heavy (non-hydrogen) atoms. The number of methoxy groups -OCH3 is 1. The van der Waals surface area contributed by atoms with E-state index < -0.39 is 0 Å². The van der Waals surface area contributed by atoms with Gasteiger partial charge >= 0.3 is 0 Å². The first-order valence-electron chi connectivity index (χ1n) is 7.81. The lowest BCUT2D eigenvalue weighted by molar-refractivity contribution is -0.250.